The highest BCUT2D eigenvalue weighted by Gasteiger charge is 2.44. The van der Waals surface area contributed by atoms with Gasteiger partial charge >= 0.3 is 0 Å². The largest absolute Gasteiger partial charge is 0.315 e. The standard InChI is InChI=1S/C40H20F4N6/c41-27-11-13-29(33(43)15-27)37-39-35(25(17-45)18-46)31(23-7-3-1-4-8-23)21-49(39)38(30-14-12-28(42)16-34(30)44)40-36(26(19-47)20-48)32(22-50(37)40)24-9-5-2-6-10-24/h1-16,21-22,25,35H. The summed E-state index contributed by atoms with van der Waals surface area (Å²) in [5.41, 5.74) is 1.59. The molecule has 0 spiro atoms. The lowest BCUT2D eigenvalue weighted by atomic mass is 9.82. The molecule has 0 fully saturated rings. The van der Waals surface area contributed by atoms with E-state index in [9.17, 15) is 29.8 Å². The van der Waals surface area contributed by atoms with Crippen LogP contribution in [-0.4, -0.2) is 9.47 Å². The zero-order valence-electron chi connectivity index (χ0n) is 25.7. The number of aromatic nitrogens is 1. The van der Waals surface area contributed by atoms with E-state index in [0.717, 1.165) is 12.1 Å². The Balaban J connectivity index is 1.78. The minimum Gasteiger partial charge on any atom is -0.315 e. The number of halogens is 4. The Morgan fingerprint density at radius 2 is 1.18 bits per heavy atom. The first kappa shape index (κ1) is 31.5. The molecule has 1 aromatic heterocycles. The molecule has 2 aliphatic heterocycles. The molecular formula is C40H20F4N6. The molecule has 1 atom stereocenters. The molecule has 7 rings (SSSR count). The van der Waals surface area contributed by atoms with Crippen LogP contribution in [-0.2, 0) is 0 Å². The summed E-state index contributed by atoms with van der Waals surface area (Å²) in [5.74, 6) is -6.10. The van der Waals surface area contributed by atoms with Crippen LogP contribution in [0.4, 0.5) is 17.6 Å². The minimum absolute atomic E-state index is 0.0366. The highest BCUT2D eigenvalue weighted by molar-refractivity contribution is 5.90. The van der Waals surface area contributed by atoms with Crippen LogP contribution in [0.3, 0.4) is 0 Å². The second-order valence-corrected chi connectivity index (χ2v) is 11.5. The van der Waals surface area contributed by atoms with Gasteiger partial charge < -0.3 is 9.47 Å². The first-order valence-electron chi connectivity index (χ1n) is 15.2. The molecule has 0 N–H and O–H groups in total. The quantitative estimate of drug-likeness (QED) is 0.190. The number of benzene rings is 4. The first-order chi connectivity index (χ1) is 24.3. The highest BCUT2D eigenvalue weighted by atomic mass is 19.1. The fraction of sp³-hybridized carbons (Fsp3) is 0.0500. The number of nitrogens with zero attached hydrogens (tertiary/aromatic N) is 6. The topological polar surface area (TPSA) is 103 Å². The smallest absolute Gasteiger partial charge is 0.145 e. The maximum absolute atomic E-state index is 16.1. The number of nitriles is 4. The van der Waals surface area contributed by atoms with Crippen molar-refractivity contribution < 1.29 is 17.6 Å². The molecule has 238 valence electrons. The third-order valence-corrected chi connectivity index (χ3v) is 8.76. The van der Waals surface area contributed by atoms with Crippen molar-refractivity contribution in [2.75, 3.05) is 0 Å². The molecule has 6 nitrogen and oxygen atoms in total. The molecule has 0 saturated heterocycles. The van der Waals surface area contributed by atoms with Crippen LogP contribution in [0.25, 0.3) is 33.7 Å². The van der Waals surface area contributed by atoms with E-state index in [1.54, 1.807) is 73.1 Å². The fourth-order valence-corrected chi connectivity index (χ4v) is 6.70. The van der Waals surface area contributed by atoms with E-state index in [1.807, 2.05) is 24.3 Å². The van der Waals surface area contributed by atoms with Crippen LogP contribution in [0.15, 0.2) is 115 Å². The van der Waals surface area contributed by atoms with Gasteiger partial charge in [0.25, 0.3) is 0 Å². The van der Waals surface area contributed by atoms with E-state index in [0.29, 0.717) is 34.4 Å². The van der Waals surface area contributed by atoms with Gasteiger partial charge in [0.1, 0.15) is 46.9 Å². The molecule has 2 aliphatic rings. The summed E-state index contributed by atoms with van der Waals surface area (Å²) < 4.78 is 62.4. The van der Waals surface area contributed by atoms with Gasteiger partial charge in [0.05, 0.1) is 40.5 Å². The summed E-state index contributed by atoms with van der Waals surface area (Å²) in [4.78, 5) is 1.50. The van der Waals surface area contributed by atoms with Crippen LogP contribution in [0.1, 0.15) is 16.7 Å². The van der Waals surface area contributed by atoms with E-state index < -0.39 is 35.1 Å². The minimum atomic E-state index is -1.36. The van der Waals surface area contributed by atoms with Crippen molar-refractivity contribution in [3.8, 4) is 35.4 Å². The maximum Gasteiger partial charge on any atom is 0.145 e. The van der Waals surface area contributed by atoms with Gasteiger partial charge in [-0.2, -0.15) is 21.0 Å². The average molecular weight is 661 g/mol. The van der Waals surface area contributed by atoms with Gasteiger partial charge in [-0.3, -0.25) is 0 Å². The predicted octanol–water partition coefficient (Wildman–Crippen LogP) is 6.93. The third-order valence-electron chi connectivity index (χ3n) is 8.76. The number of hydrogen-bond donors (Lipinski definition) is 0. The molecule has 3 heterocycles. The second-order valence-electron chi connectivity index (χ2n) is 11.5. The summed E-state index contributed by atoms with van der Waals surface area (Å²) in [7, 11) is 0. The van der Waals surface area contributed by atoms with E-state index in [1.165, 1.54) is 21.6 Å². The Morgan fingerprint density at radius 3 is 1.70 bits per heavy atom. The van der Waals surface area contributed by atoms with Crippen molar-refractivity contribution in [1.29, 1.82) is 21.0 Å². The van der Waals surface area contributed by atoms with Gasteiger partial charge in [0.15, 0.2) is 0 Å². The lowest BCUT2D eigenvalue weighted by Crippen LogP contribution is -2.42. The zero-order chi connectivity index (χ0) is 35.1. The molecule has 0 bridgehead atoms. The van der Waals surface area contributed by atoms with Crippen LogP contribution < -0.4 is 10.6 Å². The highest BCUT2D eigenvalue weighted by Crippen LogP contribution is 2.50. The molecule has 0 saturated carbocycles. The first-order valence-corrected chi connectivity index (χ1v) is 15.2. The molecule has 10 heteroatoms. The number of fused-ring (bicyclic) bond motifs is 2. The SMILES string of the molecule is N#CC(C#N)=c1c(-c2ccccc2)cn2c1=C(c1ccc(F)cc1F)N1C=C(c3ccccc3)C(C(C#N)C#N)C1=C2c1ccc(F)cc1F. The van der Waals surface area contributed by atoms with E-state index in [4.69, 9.17) is 0 Å². The number of allylic oxidation sites excluding steroid dienone is 1. The Labute approximate surface area is 283 Å². The third kappa shape index (κ3) is 4.92. The van der Waals surface area contributed by atoms with Crippen molar-refractivity contribution >= 4 is 22.5 Å². The summed E-state index contributed by atoms with van der Waals surface area (Å²) >= 11 is 0. The Morgan fingerprint density at radius 1 is 0.640 bits per heavy atom. The van der Waals surface area contributed by atoms with Gasteiger partial charge in [-0.1, -0.05) is 60.7 Å². The maximum atomic E-state index is 16.1. The van der Waals surface area contributed by atoms with E-state index in [2.05, 4.69) is 0 Å². The molecular weight excluding hydrogens is 640 g/mol. The second kappa shape index (κ2) is 12.5. The molecule has 5 aromatic rings. The summed E-state index contributed by atoms with van der Waals surface area (Å²) in [6, 6.07) is 31.4. The summed E-state index contributed by atoms with van der Waals surface area (Å²) in [6.45, 7) is 0. The van der Waals surface area contributed by atoms with Gasteiger partial charge in [-0.15, -0.1) is 0 Å². The van der Waals surface area contributed by atoms with Crippen molar-refractivity contribution in [2.24, 2.45) is 11.8 Å². The number of hydrogen-bond acceptors (Lipinski definition) is 5. The van der Waals surface area contributed by atoms with Crippen LogP contribution >= 0.6 is 0 Å². The van der Waals surface area contributed by atoms with Crippen LogP contribution in [0.2, 0.25) is 0 Å². The van der Waals surface area contributed by atoms with Crippen molar-refractivity contribution in [2.45, 2.75) is 0 Å². The molecule has 0 amide bonds. The van der Waals surface area contributed by atoms with Crippen molar-refractivity contribution in [3.63, 3.8) is 0 Å². The van der Waals surface area contributed by atoms with E-state index in [-0.39, 0.29) is 44.4 Å². The normalized spacial score (nSPS) is 14.7. The average Bonchev–Trinajstić information content (AvgIpc) is 3.70. The molecule has 0 radical (unpaired) electrons. The Hall–Kier alpha value is -7.14. The number of rotatable bonds is 5. The molecule has 50 heavy (non-hydrogen) atoms. The van der Waals surface area contributed by atoms with Crippen molar-refractivity contribution in [3.05, 3.63) is 166 Å². The van der Waals surface area contributed by atoms with Crippen LogP contribution in [0, 0.1) is 80.4 Å². The zero-order valence-corrected chi connectivity index (χ0v) is 25.7. The monoisotopic (exact) mass is 660 g/mol. The Kier molecular flexibility index (Phi) is 7.85. The lowest BCUT2D eigenvalue weighted by Gasteiger charge is -2.33. The van der Waals surface area contributed by atoms with Gasteiger partial charge in [-0.05, 0) is 41.0 Å². The van der Waals surface area contributed by atoms with Gasteiger partial charge in [0, 0.05) is 46.4 Å². The summed E-state index contributed by atoms with van der Waals surface area (Å²) in [6.07, 6.45) is 3.15. The Bertz CT molecular complexity index is 2560. The molecule has 1 unspecified atom stereocenters. The summed E-state index contributed by atoms with van der Waals surface area (Å²) in [5, 5.41) is 41.3. The fourth-order valence-electron chi connectivity index (χ4n) is 6.70. The van der Waals surface area contributed by atoms with Gasteiger partial charge in [-0.25, -0.2) is 17.6 Å². The predicted molar refractivity (Wildman–Crippen MR) is 176 cm³/mol. The molecule has 0 aliphatic carbocycles. The van der Waals surface area contributed by atoms with Crippen LogP contribution in [0.5, 0.6) is 0 Å². The lowest BCUT2D eigenvalue weighted by molar-refractivity contribution is 0.537. The van der Waals surface area contributed by atoms with Crippen molar-refractivity contribution in [1.82, 2.24) is 9.47 Å². The molecule has 4 aromatic carbocycles. The van der Waals surface area contributed by atoms with Gasteiger partial charge in [0.2, 0.25) is 0 Å². The van der Waals surface area contributed by atoms with E-state index >= 15 is 8.78 Å².